The van der Waals surface area contributed by atoms with E-state index in [1.807, 2.05) is 37.3 Å². The molecule has 0 aliphatic carbocycles. The first-order chi connectivity index (χ1) is 10.0. The van der Waals surface area contributed by atoms with Crippen LogP contribution in [0.25, 0.3) is 5.57 Å². The summed E-state index contributed by atoms with van der Waals surface area (Å²) in [6.07, 6.45) is 0. The van der Waals surface area contributed by atoms with Crippen molar-refractivity contribution < 1.29 is 23.8 Å². The molecule has 0 N–H and O–H groups in total. The fraction of sp³-hybridized carbons (Fsp3) is 0.375. The van der Waals surface area contributed by atoms with E-state index in [9.17, 15) is 9.59 Å². The minimum atomic E-state index is -1.00. The van der Waals surface area contributed by atoms with Crippen molar-refractivity contribution in [2.75, 3.05) is 20.3 Å². The summed E-state index contributed by atoms with van der Waals surface area (Å²) in [7, 11) is 1.24. The highest BCUT2D eigenvalue weighted by Crippen LogP contribution is 2.40. The van der Waals surface area contributed by atoms with Gasteiger partial charge in [0.1, 0.15) is 0 Å². The number of hydrogen-bond donors (Lipinski definition) is 0. The summed E-state index contributed by atoms with van der Waals surface area (Å²) in [5.74, 6) is -1.37. The van der Waals surface area contributed by atoms with Crippen molar-refractivity contribution in [2.24, 2.45) is 0 Å². The molecule has 1 aliphatic heterocycles. The van der Waals surface area contributed by atoms with E-state index in [-0.39, 0.29) is 12.2 Å². The van der Waals surface area contributed by atoms with E-state index in [0.29, 0.717) is 12.2 Å². The number of rotatable bonds is 5. The van der Waals surface area contributed by atoms with Crippen LogP contribution in [0.15, 0.2) is 35.9 Å². The van der Waals surface area contributed by atoms with Crippen LogP contribution in [0.5, 0.6) is 0 Å². The predicted molar refractivity (Wildman–Crippen MR) is 76.4 cm³/mol. The van der Waals surface area contributed by atoms with Gasteiger partial charge < -0.3 is 14.2 Å². The summed E-state index contributed by atoms with van der Waals surface area (Å²) in [6.45, 7) is 4.26. The molecule has 21 heavy (non-hydrogen) atoms. The van der Waals surface area contributed by atoms with E-state index in [0.717, 1.165) is 5.56 Å². The monoisotopic (exact) mass is 290 g/mol. The Balaban J connectivity index is 2.57. The van der Waals surface area contributed by atoms with Crippen LogP contribution in [0.3, 0.4) is 0 Å². The largest absolute Gasteiger partial charge is 0.465 e. The maximum atomic E-state index is 12.1. The van der Waals surface area contributed by atoms with Gasteiger partial charge in [0.25, 0.3) is 0 Å². The molecule has 0 amide bonds. The second-order valence-corrected chi connectivity index (χ2v) is 4.87. The molecule has 1 unspecified atom stereocenters. The van der Waals surface area contributed by atoms with Gasteiger partial charge in [-0.1, -0.05) is 30.3 Å². The van der Waals surface area contributed by atoms with Crippen LogP contribution in [0.2, 0.25) is 0 Å². The summed E-state index contributed by atoms with van der Waals surface area (Å²) in [4.78, 5) is 24.0. The van der Waals surface area contributed by atoms with Crippen molar-refractivity contribution in [3.63, 3.8) is 0 Å². The molecule has 2 rings (SSSR count). The van der Waals surface area contributed by atoms with Crippen molar-refractivity contribution in [1.82, 2.24) is 0 Å². The highest BCUT2D eigenvalue weighted by atomic mass is 16.6. The Kier molecular flexibility index (Phi) is 4.43. The lowest BCUT2D eigenvalue weighted by atomic mass is 9.88. The summed E-state index contributed by atoms with van der Waals surface area (Å²) in [6, 6.07) is 9.18. The summed E-state index contributed by atoms with van der Waals surface area (Å²) >= 11 is 0. The summed E-state index contributed by atoms with van der Waals surface area (Å²) < 4.78 is 15.5. The van der Waals surface area contributed by atoms with E-state index >= 15 is 0 Å². The van der Waals surface area contributed by atoms with Crippen LogP contribution in [-0.2, 0) is 23.8 Å². The van der Waals surface area contributed by atoms with Gasteiger partial charge in [-0.15, -0.1) is 0 Å². The highest BCUT2D eigenvalue weighted by Gasteiger charge is 2.47. The lowest BCUT2D eigenvalue weighted by Crippen LogP contribution is -2.33. The third-order valence-electron chi connectivity index (χ3n) is 3.33. The van der Waals surface area contributed by atoms with E-state index in [1.54, 1.807) is 6.92 Å². The molecule has 0 radical (unpaired) electrons. The van der Waals surface area contributed by atoms with E-state index in [1.165, 1.54) is 7.11 Å². The van der Waals surface area contributed by atoms with E-state index in [4.69, 9.17) is 14.2 Å². The number of esters is 2. The number of ether oxygens (including phenoxy) is 3. The third-order valence-corrected chi connectivity index (χ3v) is 3.33. The zero-order valence-electron chi connectivity index (χ0n) is 12.3. The molecular formula is C16H18O5. The maximum Gasteiger partial charge on any atom is 0.347 e. The lowest BCUT2D eigenvalue weighted by molar-refractivity contribution is -0.151. The second-order valence-electron chi connectivity index (χ2n) is 4.87. The number of carbonyl (C=O) groups excluding carboxylic acids is 2. The van der Waals surface area contributed by atoms with Crippen LogP contribution in [0.4, 0.5) is 0 Å². The molecule has 1 atom stereocenters. The molecule has 0 bridgehead atoms. The number of methoxy groups -OCH3 is 1. The quantitative estimate of drug-likeness (QED) is 0.613. The zero-order valence-corrected chi connectivity index (χ0v) is 12.3. The third kappa shape index (κ3) is 2.83. The summed E-state index contributed by atoms with van der Waals surface area (Å²) in [5, 5.41) is 0. The average molecular weight is 290 g/mol. The molecule has 0 fully saturated rings. The van der Waals surface area contributed by atoms with Crippen LogP contribution >= 0.6 is 0 Å². The first-order valence-electron chi connectivity index (χ1n) is 6.73. The van der Waals surface area contributed by atoms with E-state index in [2.05, 4.69) is 0 Å². The Morgan fingerprint density at radius 3 is 2.52 bits per heavy atom. The SMILES string of the molecule is CCOCC1(C)OC(=O)C(C(=O)OC)=C1c1ccccc1. The topological polar surface area (TPSA) is 61.8 Å². The van der Waals surface area contributed by atoms with Gasteiger partial charge in [-0.05, 0) is 19.4 Å². The van der Waals surface area contributed by atoms with Gasteiger partial charge in [-0.3, -0.25) is 0 Å². The Labute approximate surface area is 123 Å². The zero-order chi connectivity index (χ0) is 15.5. The Morgan fingerprint density at radius 2 is 1.95 bits per heavy atom. The van der Waals surface area contributed by atoms with Gasteiger partial charge in [0, 0.05) is 12.2 Å². The van der Waals surface area contributed by atoms with Crippen LogP contribution in [-0.4, -0.2) is 37.9 Å². The molecule has 5 heteroatoms. The van der Waals surface area contributed by atoms with Gasteiger partial charge in [-0.2, -0.15) is 0 Å². The Morgan fingerprint density at radius 1 is 1.29 bits per heavy atom. The fourth-order valence-electron chi connectivity index (χ4n) is 2.41. The molecule has 0 saturated heterocycles. The second kappa shape index (κ2) is 6.10. The number of hydrogen-bond acceptors (Lipinski definition) is 5. The maximum absolute atomic E-state index is 12.1. The molecule has 1 heterocycles. The van der Waals surface area contributed by atoms with Gasteiger partial charge in [0.05, 0.1) is 13.7 Å². The molecule has 1 aromatic carbocycles. The number of cyclic esters (lactones) is 1. The molecule has 5 nitrogen and oxygen atoms in total. The predicted octanol–water partition coefficient (Wildman–Crippen LogP) is 1.97. The Bertz CT molecular complexity index is 576. The number of benzene rings is 1. The molecular weight excluding hydrogens is 272 g/mol. The van der Waals surface area contributed by atoms with Crippen LogP contribution in [0.1, 0.15) is 19.4 Å². The van der Waals surface area contributed by atoms with Gasteiger partial charge in [-0.25, -0.2) is 9.59 Å². The fourth-order valence-corrected chi connectivity index (χ4v) is 2.41. The molecule has 0 saturated carbocycles. The van der Waals surface area contributed by atoms with Crippen LogP contribution < -0.4 is 0 Å². The van der Waals surface area contributed by atoms with Crippen molar-refractivity contribution in [1.29, 1.82) is 0 Å². The van der Waals surface area contributed by atoms with Crippen molar-refractivity contribution in [3.05, 3.63) is 41.5 Å². The molecule has 1 aromatic rings. The summed E-state index contributed by atoms with van der Waals surface area (Å²) in [5.41, 5.74) is 0.183. The van der Waals surface area contributed by atoms with Gasteiger partial charge >= 0.3 is 11.9 Å². The minimum absolute atomic E-state index is 0.0640. The molecule has 0 aromatic heterocycles. The Hall–Kier alpha value is -2.14. The van der Waals surface area contributed by atoms with E-state index < -0.39 is 17.5 Å². The molecule has 1 aliphatic rings. The minimum Gasteiger partial charge on any atom is -0.465 e. The van der Waals surface area contributed by atoms with Crippen molar-refractivity contribution in [2.45, 2.75) is 19.4 Å². The smallest absolute Gasteiger partial charge is 0.347 e. The van der Waals surface area contributed by atoms with Crippen molar-refractivity contribution in [3.8, 4) is 0 Å². The standard InChI is InChI=1S/C16H18O5/c1-4-20-10-16(2)13(11-8-6-5-7-9-11)12(14(17)19-3)15(18)21-16/h5-9H,4,10H2,1-3H3. The lowest BCUT2D eigenvalue weighted by Gasteiger charge is -2.26. The average Bonchev–Trinajstić information content (AvgIpc) is 2.76. The van der Waals surface area contributed by atoms with Crippen LogP contribution in [0, 0.1) is 0 Å². The van der Waals surface area contributed by atoms with Gasteiger partial charge in [0.2, 0.25) is 0 Å². The molecule has 0 spiro atoms. The normalized spacial score (nSPS) is 21.4. The highest BCUT2D eigenvalue weighted by molar-refractivity contribution is 6.23. The number of carbonyl (C=O) groups is 2. The van der Waals surface area contributed by atoms with Gasteiger partial charge in [0.15, 0.2) is 11.2 Å². The van der Waals surface area contributed by atoms with Crippen molar-refractivity contribution >= 4 is 17.5 Å². The first-order valence-corrected chi connectivity index (χ1v) is 6.73. The first kappa shape index (κ1) is 15.3. The molecule has 112 valence electrons.